The molecule has 2 aromatic carbocycles. The molecule has 2 aromatic rings. The van der Waals surface area contributed by atoms with Gasteiger partial charge in [-0.15, -0.1) is 12.3 Å². The Balaban J connectivity index is 2.11. The first kappa shape index (κ1) is 27.4. The highest BCUT2D eigenvalue weighted by Gasteiger charge is 2.29. The van der Waals surface area contributed by atoms with Crippen LogP contribution in [0.4, 0.5) is 4.79 Å². The Morgan fingerprint density at radius 1 is 0.972 bits per heavy atom. The first-order chi connectivity index (χ1) is 17.2. The lowest BCUT2D eigenvalue weighted by atomic mass is 10.0. The molecule has 0 aromatic heterocycles. The number of carboxylic acids is 2. The minimum Gasteiger partial charge on any atom is -0.481 e. The number of nitrogens with two attached hydrogens (primary N) is 1. The van der Waals surface area contributed by atoms with Gasteiger partial charge in [-0.25, -0.2) is 9.59 Å². The summed E-state index contributed by atoms with van der Waals surface area (Å²) >= 11 is 0. The van der Waals surface area contributed by atoms with Crippen LogP contribution in [0.1, 0.15) is 35.6 Å². The number of benzene rings is 2. The van der Waals surface area contributed by atoms with Crippen molar-refractivity contribution in [2.75, 3.05) is 0 Å². The molecule has 3 atom stereocenters. The summed E-state index contributed by atoms with van der Waals surface area (Å²) < 4.78 is 0. The van der Waals surface area contributed by atoms with Gasteiger partial charge in [0, 0.05) is 12.8 Å². The lowest BCUT2D eigenvalue weighted by Crippen LogP contribution is -2.54. The molecular weight excluding hydrogens is 466 g/mol. The fourth-order valence-corrected chi connectivity index (χ4v) is 3.33. The van der Waals surface area contributed by atoms with E-state index in [0.29, 0.717) is 11.1 Å². The van der Waals surface area contributed by atoms with E-state index in [9.17, 15) is 29.4 Å². The van der Waals surface area contributed by atoms with Crippen molar-refractivity contribution in [3.63, 3.8) is 0 Å². The van der Waals surface area contributed by atoms with Crippen molar-refractivity contribution in [1.29, 1.82) is 0 Å². The summed E-state index contributed by atoms with van der Waals surface area (Å²) in [5.74, 6) is 3.98. The Kier molecular flexibility index (Phi) is 10.5. The van der Waals surface area contributed by atoms with Gasteiger partial charge >= 0.3 is 18.0 Å². The van der Waals surface area contributed by atoms with Crippen molar-refractivity contribution in [3.05, 3.63) is 71.3 Å². The highest BCUT2D eigenvalue weighted by atomic mass is 16.4. The summed E-state index contributed by atoms with van der Waals surface area (Å²) in [4.78, 5) is 48.4. The summed E-state index contributed by atoms with van der Waals surface area (Å²) in [6.45, 7) is 0. The van der Waals surface area contributed by atoms with Gasteiger partial charge in [0.1, 0.15) is 12.1 Å². The number of aliphatic carboxylic acids is 2. The van der Waals surface area contributed by atoms with Crippen LogP contribution < -0.4 is 21.8 Å². The molecule has 0 saturated carbocycles. The molecule has 0 aliphatic rings. The number of hydrazone groups is 1. The molecule has 0 spiro atoms. The Hall–Kier alpha value is -4.85. The van der Waals surface area contributed by atoms with Gasteiger partial charge in [0.25, 0.3) is 0 Å². The van der Waals surface area contributed by atoms with Gasteiger partial charge in [-0.2, -0.15) is 5.10 Å². The second-order valence-electron chi connectivity index (χ2n) is 7.76. The lowest BCUT2D eigenvalue weighted by Gasteiger charge is -2.23. The molecule has 11 nitrogen and oxygen atoms in total. The minimum atomic E-state index is -1.53. The molecule has 0 aliphatic carbocycles. The van der Waals surface area contributed by atoms with Gasteiger partial charge < -0.3 is 32.0 Å². The van der Waals surface area contributed by atoms with Crippen molar-refractivity contribution in [1.82, 2.24) is 16.0 Å². The number of carbonyl (C=O) groups excluding carboxylic acids is 2. The molecular formula is C25H27N5O6. The van der Waals surface area contributed by atoms with Crippen molar-refractivity contribution in [3.8, 4) is 12.3 Å². The Bertz CT molecular complexity index is 1130. The van der Waals surface area contributed by atoms with Gasteiger partial charge in [-0.05, 0) is 16.7 Å². The van der Waals surface area contributed by atoms with Gasteiger partial charge in [0.2, 0.25) is 5.91 Å². The molecule has 36 heavy (non-hydrogen) atoms. The van der Waals surface area contributed by atoms with Crippen molar-refractivity contribution < 1.29 is 29.4 Å². The van der Waals surface area contributed by atoms with E-state index >= 15 is 0 Å². The predicted octanol–water partition coefficient (Wildman–Crippen LogP) is 0.998. The fraction of sp³-hybridized carbons (Fsp3) is 0.240. The average molecular weight is 494 g/mol. The SMILES string of the molecule is C#CCC(NC(=O)N[C@@H](CC(=O)O)C(=O)N[C@@H](Cc1ccccc1)C(=O)O)c1ccc(C=NN)cc1. The standard InChI is InChI=1S/C25H27N5O6/c1-2-6-19(18-11-9-17(10-12-18)15-27-26)29-25(36)30-20(14-22(31)32)23(33)28-21(24(34)35)13-16-7-4-3-5-8-16/h1,3-5,7-12,15,19-21H,6,13-14,26H2,(H,28,33)(H,31,32)(H,34,35)(H2,29,30,36)/t19?,20-,21-/m0/s1. The monoisotopic (exact) mass is 493 g/mol. The van der Waals surface area contributed by atoms with Crippen molar-refractivity contribution in [2.24, 2.45) is 10.9 Å². The van der Waals surface area contributed by atoms with Gasteiger partial charge in [0.05, 0.1) is 18.7 Å². The zero-order valence-corrected chi connectivity index (χ0v) is 19.3. The fourth-order valence-electron chi connectivity index (χ4n) is 3.33. The number of urea groups is 1. The summed E-state index contributed by atoms with van der Waals surface area (Å²) in [6, 6.07) is 11.1. The third kappa shape index (κ3) is 8.83. The van der Waals surface area contributed by atoms with Crippen LogP contribution in [0.25, 0.3) is 0 Å². The van der Waals surface area contributed by atoms with Gasteiger partial charge in [-0.1, -0.05) is 54.6 Å². The maximum atomic E-state index is 12.8. The normalized spacial score (nSPS) is 13.1. The van der Waals surface area contributed by atoms with Crippen molar-refractivity contribution >= 4 is 30.1 Å². The molecule has 0 bridgehead atoms. The Morgan fingerprint density at radius 2 is 1.64 bits per heavy atom. The molecule has 0 radical (unpaired) electrons. The molecule has 0 aliphatic heterocycles. The predicted molar refractivity (Wildman–Crippen MR) is 132 cm³/mol. The second kappa shape index (κ2) is 13.8. The van der Waals surface area contributed by atoms with E-state index in [1.165, 1.54) is 6.21 Å². The number of nitrogens with one attached hydrogen (secondary N) is 3. The van der Waals surface area contributed by atoms with Gasteiger partial charge in [-0.3, -0.25) is 9.59 Å². The van der Waals surface area contributed by atoms with Crippen LogP contribution in [0.2, 0.25) is 0 Å². The summed E-state index contributed by atoms with van der Waals surface area (Å²) in [6.07, 6.45) is 6.20. The topological polar surface area (TPSA) is 183 Å². The van der Waals surface area contributed by atoms with Crippen LogP contribution in [0, 0.1) is 12.3 Å². The highest BCUT2D eigenvalue weighted by molar-refractivity contribution is 5.92. The van der Waals surface area contributed by atoms with Crippen LogP contribution in [0.5, 0.6) is 0 Å². The highest BCUT2D eigenvalue weighted by Crippen LogP contribution is 2.17. The van der Waals surface area contributed by atoms with Crippen LogP contribution in [-0.4, -0.2) is 52.4 Å². The first-order valence-electron chi connectivity index (χ1n) is 10.9. The first-order valence-corrected chi connectivity index (χ1v) is 10.9. The average Bonchev–Trinajstić information content (AvgIpc) is 2.84. The molecule has 0 saturated heterocycles. The largest absolute Gasteiger partial charge is 0.481 e. The molecule has 0 heterocycles. The van der Waals surface area contributed by atoms with E-state index in [1.54, 1.807) is 54.6 Å². The zero-order valence-electron chi connectivity index (χ0n) is 19.3. The van der Waals surface area contributed by atoms with E-state index in [-0.39, 0.29) is 12.8 Å². The third-order valence-corrected chi connectivity index (χ3v) is 5.09. The van der Waals surface area contributed by atoms with E-state index in [2.05, 4.69) is 27.0 Å². The third-order valence-electron chi connectivity index (χ3n) is 5.09. The molecule has 11 heteroatoms. The molecule has 7 N–H and O–H groups in total. The van der Waals surface area contributed by atoms with E-state index in [1.807, 2.05) is 0 Å². The second-order valence-corrected chi connectivity index (χ2v) is 7.76. The smallest absolute Gasteiger partial charge is 0.326 e. The number of nitrogens with zero attached hydrogens (tertiary/aromatic N) is 1. The molecule has 1 unspecified atom stereocenters. The number of carbonyl (C=O) groups is 4. The maximum Gasteiger partial charge on any atom is 0.326 e. The number of hydrogen-bond acceptors (Lipinski definition) is 6. The molecule has 188 valence electrons. The number of amides is 3. The summed E-state index contributed by atoms with van der Waals surface area (Å²) in [7, 11) is 0. The van der Waals surface area contributed by atoms with Crippen LogP contribution in [0.15, 0.2) is 59.7 Å². The maximum absolute atomic E-state index is 12.8. The number of carboxylic acid groups (broad SMARTS) is 2. The van der Waals surface area contributed by atoms with Crippen molar-refractivity contribution in [2.45, 2.75) is 37.4 Å². The van der Waals surface area contributed by atoms with E-state index < -0.39 is 48.4 Å². The minimum absolute atomic E-state index is 0.0248. The van der Waals surface area contributed by atoms with Crippen LogP contribution in [0.3, 0.4) is 0 Å². The molecule has 2 rings (SSSR count). The Morgan fingerprint density at radius 3 is 2.19 bits per heavy atom. The number of hydrogen-bond donors (Lipinski definition) is 6. The Labute approximate surface area is 207 Å². The quantitative estimate of drug-likeness (QED) is 0.110. The number of terminal acetylenes is 1. The van der Waals surface area contributed by atoms with E-state index in [4.69, 9.17) is 12.3 Å². The molecule has 3 amide bonds. The van der Waals surface area contributed by atoms with Crippen LogP contribution in [-0.2, 0) is 20.8 Å². The van der Waals surface area contributed by atoms with Gasteiger partial charge in [0.15, 0.2) is 0 Å². The zero-order chi connectivity index (χ0) is 26.5. The van der Waals surface area contributed by atoms with E-state index in [0.717, 1.165) is 5.56 Å². The molecule has 0 fully saturated rings. The van der Waals surface area contributed by atoms with Crippen LogP contribution >= 0.6 is 0 Å². The summed E-state index contributed by atoms with van der Waals surface area (Å²) in [5.41, 5.74) is 2.05. The lowest BCUT2D eigenvalue weighted by molar-refractivity contribution is -0.142. The summed E-state index contributed by atoms with van der Waals surface area (Å²) in [5, 5.41) is 29.4. The number of rotatable bonds is 12.